The second-order valence-corrected chi connectivity index (χ2v) is 8.94. The number of aliphatic imine (C=N–C) groups is 1. The van der Waals surface area contributed by atoms with Crippen LogP contribution in [0.5, 0.6) is 0 Å². The van der Waals surface area contributed by atoms with E-state index in [2.05, 4.69) is 20.9 Å². The molecule has 0 aliphatic carbocycles. The number of rotatable bonds is 18. The molecule has 0 saturated heterocycles. The Labute approximate surface area is 230 Å². The number of carbonyl (C=O) groups is 6. The number of primary amides is 2. The molecule has 0 aliphatic rings. The average Bonchev–Trinajstić information content (AvgIpc) is 2.87. The third-order valence-corrected chi connectivity index (χ3v) is 5.55. The Hall–Kier alpha value is -4.73. The number of nitrogens with zero attached hydrogens (tertiary/aromatic N) is 1. The summed E-state index contributed by atoms with van der Waals surface area (Å²) in [6.07, 6.45) is -0.860. The first kappa shape index (κ1) is 33.3. The van der Waals surface area contributed by atoms with Crippen LogP contribution in [0.1, 0.15) is 37.7 Å². The van der Waals surface area contributed by atoms with Gasteiger partial charge >= 0.3 is 5.97 Å². The fourth-order valence-electron chi connectivity index (χ4n) is 3.51. The van der Waals surface area contributed by atoms with Gasteiger partial charge in [0.15, 0.2) is 5.96 Å². The highest BCUT2D eigenvalue weighted by atomic mass is 16.4. The van der Waals surface area contributed by atoms with Crippen LogP contribution in [-0.2, 0) is 35.2 Å². The Bertz CT molecular complexity index is 1080. The first-order valence-electron chi connectivity index (χ1n) is 12.4. The molecule has 220 valence electrons. The Kier molecular flexibility index (Phi) is 14.1. The molecule has 1 rings (SSSR count). The smallest absolute Gasteiger partial charge is 0.326 e. The molecule has 1 aromatic carbocycles. The van der Waals surface area contributed by atoms with E-state index >= 15 is 0 Å². The predicted molar refractivity (Wildman–Crippen MR) is 144 cm³/mol. The van der Waals surface area contributed by atoms with Crippen LogP contribution in [0.3, 0.4) is 0 Å². The van der Waals surface area contributed by atoms with E-state index in [1.54, 1.807) is 30.3 Å². The maximum Gasteiger partial charge on any atom is 0.326 e. The van der Waals surface area contributed by atoms with Crippen LogP contribution in [-0.4, -0.2) is 77.3 Å². The SMILES string of the molecule is NC(=O)CCC(NC(=O)C(CCCN=C(N)N)NC(=O)C(N)CC(N)=O)C(=O)NC(Cc1ccccc1)C(=O)O. The van der Waals surface area contributed by atoms with Crippen LogP contribution in [0.15, 0.2) is 35.3 Å². The van der Waals surface area contributed by atoms with Crippen LogP contribution in [0, 0.1) is 0 Å². The van der Waals surface area contributed by atoms with E-state index in [4.69, 9.17) is 28.7 Å². The van der Waals surface area contributed by atoms with Crippen molar-refractivity contribution in [2.75, 3.05) is 6.54 Å². The number of aliphatic carboxylic acids is 1. The molecule has 16 nitrogen and oxygen atoms in total. The van der Waals surface area contributed by atoms with Crippen molar-refractivity contribution in [3.8, 4) is 0 Å². The van der Waals surface area contributed by atoms with Crippen molar-refractivity contribution in [3.05, 3.63) is 35.9 Å². The van der Waals surface area contributed by atoms with Crippen molar-refractivity contribution in [1.29, 1.82) is 0 Å². The van der Waals surface area contributed by atoms with Crippen LogP contribution < -0.4 is 44.6 Å². The number of carbonyl (C=O) groups excluding carboxylic acids is 5. The molecule has 0 aliphatic heterocycles. The first-order chi connectivity index (χ1) is 18.8. The van der Waals surface area contributed by atoms with Crippen molar-refractivity contribution in [2.24, 2.45) is 33.7 Å². The third kappa shape index (κ3) is 13.2. The van der Waals surface area contributed by atoms with E-state index in [9.17, 15) is 33.9 Å². The van der Waals surface area contributed by atoms with E-state index in [1.807, 2.05) is 0 Å². The van der Waals surface area contributed by atoms with Crippen LogP contribution in [0.4, 0.5) is 0 Å². The fraction of sp³-hybridized carbons (Fsp3) is 0.458. The lowest BCUT2D eigenvalue weighted by Gasteiger charge is -2.25. The molecule has 4 unspecified atom stereocenters. The predicted octanol–water partition coefficient (Wildman–Crippen LogP) is -3.71. The molecule has 0 saturated carbocycles. The average molecular weight is 564 g/mol. The zero-order valence-electron chi connectivity index (χ0n) is 21.9. The van der Waals surface area contributed by atoms with E-state index in [1.165, 1.54) is 0 Å². The maximum atomic E-state index is 13.2. The normalized spacial score (nSPS) is 13.5. The van der Waals surface area contributed by atoms with Gasteiger partial charge in [0.1, 0.15) is 18.1 Å². The van der Waals surface area contributed by atoms with Gasteiger partial charge in [0.2, 0.25) is 29.5 Å². The Balaban J connectivity index is 3.09. The molecule has 1 aromatic rings. The van der Waals surface area contributed by atoms with Gasteiger partial charge in [-0.05, 0) is 24.8 Å². The van der Waals surface area contributed by atoms with Gasteiger partial charge in [-0.2, -0.15) is 0 Å². The summed E-state index contributed by atoms with van der Waals surface area (Å²) in [5.41, 5.74) is 27.2. The van der Waals surface area contributed by atoms with Crippen molar-refractivity contribution >= 4 is 41.5 Å². The van der Waals surface area contributed by atoms with Gasteiger partial charge in [-0.3, -0.25) is 29.0 Å². The molecule has 0 fully saturated rings. The Morgan fingerprint density at radius 1 is 0.775 bits per heavy atom. The van der Waals surface area contributed by atoms with Gasteiger partial charge in [-0.15, -0.1) is 0 Å². The van der Waals surface area contributed by atoms with Crippen LogP contribution in [0.2, 0.25) is 0 Å². The third-order valence-electron chi connectivity index (χ3n) is 5.55. The summed E-state index contributed by atoms with van der Waals surface area (Å²) >= 11 is 0. The zero-order valence-corrected chi connectivity index (χ0v) is 21.9. The molecule has 4 atom stereocenters. The van der Waals surface area contributed by atoms with E-state index in [0.717, 1.165) is 0 Å². The van der Waals surface area contributed by atoms with Gasteiger partial charge in [0, 0.05) is 19.4 Å². The lowest BCUT2D eigenvalue weighted by Crippen LogP contribution is -2.57. The molecular weight excluding hydrogens is 526 g/mol. The lowest BCUT2D eigenvalue weighted by atomic mass is 10.0. The number of carboxylic acid groups (broad SMARTS) is 1. The topological polar surface area (TPSA) is 301 Å². The van der Waals surface area contributed by atoms with Gasteiger partial charge in [-0.25, -0.2) is 4.79 Å². The van der Waals surface area contributed by atoms with Crippen LogP contribution in [0.25, 0.3) is 0 Å². The van der Waals surface area contributed by atoms with Gasteiger partial charge < -0.3 is 49.7 Å². The quantitative estimate of drug-likeness (QED) is 0.0478. The number of benzene rings is 1. The van der Waals surface area contributed by atoms with E-state index in [-0.39, 0.29) is 44.6 Å². The number of carboxylic acids is 1. The number of hydrogen-bond donors (Lipinski definition) is 9. The van der Waals surface area contributed by atoms with Crippen molar-refractivity contribution in [1.82, 2.24) is 16.0 Å². The molecule has 0 spiro atoms. The molecule has 0 radical (unpaired) electrons. The largest absolute Gasteiger partial charge is 0.480 e. The minimum atomic E-state index is -1.38. The maximum absolute atomic E-state index is 13.2. The summed E-state index contributed by atoms with van der Waals surface area (Å²) in [5, 5.41) is 16.8. The highest BCUT2D eigenvalue weighted by Gasteiger charge is 2.30. The molecular formula is C24H37N9O7. The monoisotopic (exact) mass is 563 g/mol. The summed E-state index contributed by atoms with van der Waals surface area (Å²) in [4.78, 5) is 76.8. The van der Waals surface area contributed by atoms with Gasteiger partial charge in [0.05, 0.1) is 12.5 Å². The Morgan fingerprint density at radius 3 is 1.85 bits per heavy atom. The molecule has 0 heterocycles. The molecule has 40 heavy (non-hydrogen) atoms. The first-order valence-corrected chi connectivity index (χ1v) is 12.4. The van der Waals surface area contributed by atoms with Crippen molar-refractivity contribution < 1.29 is 33.9 Å². The van der Waals surface area contributed by atoms with Gasteiger partial charge in [-0.1, -0.05) is 30.3 Å². The number of nitrogens with one attached hydrogen (secondary N) is 3. The molecule has 16 heteroatoms. The number of amides is 5. The molecule has 0 aromatic heterocycles. The highest BCUT2D eigenvalue weighted by molar-refractivity contribution is 5.95. The van der Waals surface area contributed by atoms with E-state index in [0.29, 0.717) is 5.56 Å². The van der Waals surface area contributed by atoms with Crippen molar-refractivity contribution in [3.63, 3.8) is 0 Å². The molecule has 0 bridgehead atoms. The zero-order chi connectivity index (χ0) is 30.2. The summed E-state index contributed by atoms with van der Waals surface area (Å²) < 4.78 is 0. The number of hydrogen-bond acceptors (Lipinski definition) is 8. The lowest BCUT2D eigenvalue weighted by molar-refractivity contribution is -0.142. The minimum Gasteiger partial charge on any atom is -0.480 e. The fourth-order valence-corrected chi connectivity index (χ4v) is 3.51. The summed E-state index contributed by atoms with van der Waals surface area (Å²) in [6.45, 7) is 0.112. The van der Waals surface area contributed by atoms with E-state index < -0.39 is 66.1 Å². The Morgan fingerprint density at radius 2 is 1.32 bits per heavy atom. The highest BCUT2D eigenvalue weighted by Crippen LogP contribution is 2.07. The van der Waals surface area contributed by atoms with Crippen molar-refractivity contribution in [2.45, 2.75) is 62.7 Å². The summed E-state index contributed by atoms with van der Waals surface area (Å²) in [6, 6.07) is 3.23. The summed E-state index contributed by atoms with van der Waals surface area (Å²) in [7, 11) is 0. The second-order valence-electron chi connectivity index (χ2n) is 8.94. The standard InChI is InChI=1S/C24H37N9O7/c25-14(12-19(27)35)20(36)31-15(7-4-10-30-24(28)29)21(37)32-16(8-9-18(26)34)22(38)33-17(23(39)40)11-13-5-2-1-3-6-13/h1-3,5-6,14-17H,4,7-12,25H2,(H2,26,34)(H2,27,35)(H,31,36)(H,32,37)(H,33,38)(H,39,40)(H4,28,29,30). The minimum absolute atomic E-state index is 0.00639. The summed E-state index contributed by atoms with van der Waals surface area (Å²) in [5.74, 6) is -5.66. The second kappa shape index (κ2) is 17.0. The number of guanidine groups is 1. The van der Waals surface area contributed by atoms with Crippen LogP contribution >= 0.6 is 0 Å². The molecule has 5 amide bonds. The molecule has 14 N–H and O–H groups in total. The van der Waals surface area contributed by atoms with Gasteiger partial charge in [0.25, 0.3) is 0 Å². The number of nitrogens with two attached hydrogens (primary N) is 5.